The molecule has 0 aromatic heterocycles. The molecule has 0 fully saturated rings. The van der Waals surface area contributed by atoms with Gasteiger partial charge < -0.3 is 5.11 Å². The van der Waals surface area contributed by atoms with Gasteiger partial charge in [0.1, 0.15) is 11.4 Å². The first-order valence-electron chi connectivity index (χ1n) is 6.69. The Morgan fingerprint density at radius 1 is 0.950 bits per heavy atom. The zero-order chi connectivity index (χ0) is 14.8. The van der Waals surface area contributed by atoms with Crippen molar-refractivity contribution < 1.29 is 5.11 Å². The van der Waals surface area contributed by atoms with E-state index >= 15 is 0 Å². The van der Waals surface area contributed by atoms with Gasteiger partial charge >= 0.3 is 0 Å². The molecule has 20 heavy (non-hydrogen) atoms. The molecule has 0 bridgehead atoms. The summed E-state index contributed by atoms with van der Waals surface area (Å²) < 4.78 is 0. The first-order chi connectivity index (χ1) is 9.38. The maximum absolute atomic E-state index is 10.3. The van der Waals surface area contributed by atoms with Crippen LogP contribution < -0.4 is 0 Å². The number of azo groups is 1. The van der Waals surface area contributed by atoms with Gasteiger partial charge in [-0.05, 0) is 36.1 Å². The molecule has 2 rings (SSSR count). The van der Waals surface area contributed by atoms with Crippen LogP contribution in [0.4, 0.5) is 11.4 Å². The largest absolute Gasteiger partial charge is 0.505 e. The third kappa shape index (κ3) is 3.23. The predicted octanol–water partition coefficient (Wildman–Crippen LogP) is 5.41. The van der Waals surface area contributed by atoms with E-state index in [2.05, 4.69) is 31.0 Å². The molecule has 0 spiro atoms. The zero-order valence-electron chi connectivity index (χ0n) is 12.4. The van der Waals surface area contributed by atoms with Gasteiger partial charge in [0.2, 0.25) is 0 Å². The third-order valence-corrected chi connectivity index (χ3v) is 3.10. The van der Waals surface area contributed by atoms with Crippen LogP contribution in [0.25, 0.3) is 0 Å². The highest BCUT2D eigenvalue weighted by Crippen LogP contribution is 2.38. The molecule has 0 aliphatic heterocycles. The number of nitrogens with zero attached hydrogens (tertiary/aromatic N) is 2. The monoisotopic (exact) mass is 268 g/mol. The van der Waals surface area contributed by atoms with E-state index in [1.165, 1.54) is 0 Å². The number of phenols is 1. The minimum atomic E-state index is -0.126. The second kappa shape index (κ2) is 5.45. The second-order valence-corrected chi connectivity index (χ2v) is 5.96. The molecule has 2 aromatic rings. The van der Waals surface area contributed by atoms with Crippen LogP contribution >= 0.6 is 0 Å². The Kier molecular flexibility index (Phi) is 3.89. The first kappa shape index (κ1) is 14.3. The maximum Gasteiger partial charge on any atom is 0.146 e. The highest BCUT2D eigenvalue weighted by molar-refractivity contribution is 5.57. The molecule has 3 nitrogen and oxygen atoms in total. The third-order valence-electron chi connectivity index (χ3n) is 3.10. The normalized spacial score (nSPS) is 12.0. The van der Waals surface area contributed by atoms with Crippen molar-refractivity contribution in [2.24, 2.45) is 10.2 Å². The number of aryl methyl sites for hydroxylation is 1. The number of aromatic hydroxyl groups is 1. The fourth-order valence-corrected chi connectivity index (χ4v) is 2.02. The van der Waals surface area contributed by atoms with Gasteiger partial charge in [-0.15, -0.1) is 5.11 Å². The van der Waals surface area contributed by atoms with Gasteiger partial charge in [-0.3, -0.25) is 0 Å². The lowest BCUT2D eigenvalue weighted by Crippen LogP contribution is -2.10. The van der Waals surface area contributed by atoms with E-state index in [4.69, 9.17) is 0 Å². The molecule has 104 valence electrons. The van der Waals surface area contributed by atoms with Crippen LogP contribution in [0, 0.1) is 6.92 Å². The van der Waals surface area contributed by atoms with Crippen molar-refractivity contribution in [2.45, 2.75) is 33.1 Å². The summed E-state index contributed by atoms with van der Waals surface area (Å²) in [5.41, 5.74) is 3.16. The molecule has 0 saturated carbocycles. The van der Waals surface area contributed by atoms with E-state index in [-0.39, 0.29) is 11.2 Å². The van der Waals surface area contributed by atoms with E-state index in [9.17, 15) is 5.11 Å². The molecule has 0 radical (unpaired) electrons. The van der Waals surface area contributed by atoms with Crippen molar-refractivity contribution in [3.63, 3.8) is 0 Å². The fourth-order valence-electron chi connectivity index (χ4n) is 2.02. The number of para-hydroxylation sites is 1. The summed E-state index contributed by atoms with van der Waals surface area (Å²) in [6.07, 6.45) is 0. The summed E-state index contributed by atoms with van der Waals surface area (Å²) in [4.78, 5) is 0. The minimum absolute atomic E-state index is 0.126. The molecule has 2 aromatic carbocycles. The van der Waals surface area contributed by atoms with E-state index in [1.807, 2.05) is 43.3 Å². The maximum atomic E-state index is 10.3. The number of benzene rings is 2. The second-order valence-electron chi connectivity index (χ2n) is 5.96. The lowest BCUT2D eigenvalue weighted by atomic mass is 9.86. The van der Waals surface area contributed by atoms with Crippen LogP contribution in [0.3, 0.4) is 0 Å². The van der Waals surface area contributed by atoms with Gasteiger partial charge in [-0.2, -0.15) is 5.11 Å². The van der Waals surface area contributed by atoms with Crippen LogP contribution in [-0.4, -0.2) is 5.11 Å². The van der Waals surface area contributed by atoms with Crippen molar-refractivity contribution in [2.75, 3.05) is 0 Å². The van der Waals surface area contributed by atoms with Crippen LogP contribution in [0.5, 0.6) is 5.75 Å². The highest BCUT2D eigenvalue weighted by atomic mass is 16.3. The summed E-state index contributed by atoms with van der Waals surface area (Å²) in [6, 6.07) is 13.4. The molecule has 0 aliphatic carbocycles. The van der Waals surface area contributed by atoms with Crippen LogP contribution in [0.15, 0.2) is 52.7 Å². The van der Waals surface area contributed by atoms with Gasteiger partial charge in [-0.25, -0.2) is 0 Å². The molecule has 0 aliphatic rings. The summed E-state index contributed by atoms with van der Waals surface area (Å²) in [5, 5.41) is 18.7. The Morgan fingerprint density at radius 3 is 2.30 bits per heavy atom. The first-order valence-corrected chi connectivity index (χ1v) is 6.69. The molecular weight excluding hydrogens is 248 g/mol. The topological polar surface area (TPSA) is 45.0 Å². The molecule has 0 atom stereocenters. The number of hydrogen-bond acceptors (Lipinski definition) is 3. The quantitative estimate of drug-likeness (QED) is 0.727. The van der Waals surface area contributed by atoms with Gasteiger partial charge in [0.05, 0.1) is 5.69 Å². The Bertz CT molecular complexity index is 640. The lowest BCUT2D eigenvalue weighted by molar-refractivity contribution is 0.448. The number of hydrogen-bond donors (Lipinski definition) is 1. The Balaban J connectivity index is 2.35. The van der Waals surface area contributed by atoms with Gasteiger partial charge in [0.15, 0.2) is 0 Å². The van der Waals surface area contributed by atoms with Gasteiger partial charge in [0.25, 0.3) is 0 Å². The van der Waals surface area contributed by atoms with Crippen LogP contribution in [0.1, 0.15) is 31.9 Å². The van der Waals surface area contributed by atoms with E-state index in [1.54, 1.807) is 6.07 Å². The molecule has 0 saturated heterocycles. The van der Waals surface area contributed by atoms with Crippen molar-refractivity contribution in [3.05, 3.63) is 53.6 Å². The van der Waals surface area contributed by atoms with E-state index in [0.717, 1.165) is 16.8 Å². The number of phenolic OH excluding ortho intramolecular Hbond substituents is 1. The van der Waals surface area contributed by atoms with Gasteiger partial charge in [-0.1, -0.05) is 45.0 Å². The minimum Gasteiger partial charge on any atom is -0.505 e. The van der Waals surface area contributed by atoms with Crippen molar-refractivity contribution in [3.8, 4) is 5.75 Å². The molecule has 3 heteroatoms. The smallest absolute Gasteiger partial charge is 0.146 e. The average Bonchev–Trinajstić information content (AvgIpc) is 2.36. The summed E-state index contributed by atoms with van der Waals surface area (Å²) in [6.45, 7) is 8.19. The summed E-state index contributed by atoms with van der Waals surface area (Å²) in [7, 11) is 0. The molecule has 0 heterocycles. The predicted molar refractivity (Wildman–Crippen MR) is 82.2 cm³/mol. The van der Waals surface area contributed by atoms with Crippen molar-refractivity contribution in [1.29, 1.82) is 0 Å². The average molecular weight is 268 g/mol. The Morgan fingerprint density at radius 2 is 1.65 bits per heavy atom. The molecule has 1 N–H and O–H groups in total. The van der Waals surface area contributed by atoms with Crippen LogP contribution in [-0.2, 0) is 5.41 Å². The highest BCUT2D eigenvalue weighted by Gasteiger charge is 2.19. The Hall–Kier alpha value is -2.16. The number of rotatable bonds is 2. The van der Waals surface area contributed by atoms with Crippen LogP contribution in [0.2, 0.25) is 0 Å². The molecule has 0 unspecified atom stereocenters. The molecular formula is C17H20N2O. The van der Waals surface area contributed by atoms with Crippen molar-refractivity contribution >= 4 is 11.4 Å². The molecule has 0 amide bonds. The lowest BCUT2D eigenvalue weighted by Gasteiger charge is -2.20. The SMILES string of the molecule is Cc1cccc(N=Nc2cccc(C(C)(C)C)c2O)c1. The van der Waals surface area contributed by atoms with E-state index < -0.39 is 0 Å². The van der Waals surface area contributed by atoms with Gasteiger partial charge in [0, 0.05) is 5.56 Å². The summed E-state index contributed by atoms with van der Waals surface area (Å²) in [5.74, 6) is 0.205. The zero-order valence-corrected chi connectivity index (χ0v) is 12.4. The fraction of sp³-hybridized carbons (Fsp3) is 0.294. The Labute approximate surface area is 120 Å². The van der Waals surface area contributed by atoms with E-state index in [0.29, 0.717) is 5.69 Å². The summed E-state index contributed by atoms with van der Waals surface area (Å²) >= 11 is 0. The van der Waals surface area contributed by atoms with Crippen molar-refractivity contribution in [1.82, 2.24) is 0 Å². The standard InChI is InChI=1S/C17H20N2O/c1-12-7-5-8-13(11-12)18-19-15-10-6-9-14(16(15)20)17(2,3)4/h5-11,20H,1-4H3.